The molecule has 4 rings (SSSR count). The molecule has 0 spiro atoms. The molecule has 2 aliphatic rings. The van der Waals surface area contributed by atoms with Crippen molar-refractivity contribution in [1.29, 1.82) is 0 Å². The van der Waals surface area contributed by atoms with Gasteiger partial charge in [0.15, 0.2) is 5.82 Å². The van der Waals surface area contributed by atoms with Crippen molar-refractivity contribution >= 4 is 17.6 Å². The lowest BCUT2D eigenvalue weighted by Crippen LogP contribution is -2.38. The van der Waals surface area contributed by atoms with Crippen LogP contribution < -0.4 is 21.3 Å². The fraction of sp³-hybridized carbons (Fsp3) is 0.542. The molecule has 0 atom stereocenters. The molecule has 3 heterocycles. The Kier molecular flexibility index (Phi) is 8.56. The third-order valence-corrected chi connectivity index (χ3v) is 5.99. The highest BCUT2D eigenvalue weighted by Crippen LogP contribution is 2.39. The van der Waals surface area contributed by atoms with Crippen molar-refractivity contribution in [3.63, 3.8) is 0 Å². The minimum Gasteiger partial charge on any atom is -0.476 e. The first kappa shape index (κ1) is 25.0. The van der Waals surface area contributed by atoms with Crippen LogP contribution in [-0.2, 0) is 9.57 Å². The van der Waals surface area contributed by atoms with Crippen molar-refractivity contribution in [2.45, 2.75) is 32.6 Å². The minimum absolute atomic E-state index is 0.282. The molecule has 0 radical (unpaired) electrons. The van der Waals surface area contributed by atoms with Gasteiger partial charge in [0.1, 0.15) is 18.2 Å². The summed E-state index contributed by atoms with van der Waals surface area (Å²) in [5, 5.41) is 13.9. The Labute approximate surface area is 206 Å². The van der Waals surface area contributed by atoms with E-state index in [0.29, 0.717) is 48.3 Å². The third kappa shape index (κ3) is 7.67. The molecule has 1 aliphatic heterocycles. The van der Waals surface area contributed by atoms with Gasteiger partial charge in [0.2, 0.25) is 11.8 Å². The molecule has 0 unspecified atom stereocenters. The van der Waals surface area contributed by atoms with E-state index in [2.05, 4.69) is 56.1 Å². The summed E-state index contributed by atoms with van der Waals surface area (Å²) >= 11 is 0. The van der Waals surface area contributed by atoms with Crippen LogP contribution in [0.15, 0.2) is 36.1 Å². The van der Waals surface area contributed by atoms with Crippen LogP contribution in [-0.4, -0.2) is 71.1 Å². The third-order valence-electron chi connectivity index (χ3n) is 5.99. The average molecular weight is 485 g/mol. The molecule has 11 heteroatoms. The summed E-state index contributed by atoms with van der Waals surface area (Å²) < 4.78 is 11.4. The Morgan fingerprint density at radius 1 is 1.29 bits per heavy atom. The van der Waals surface area contributed by atoms with Crippen molar-refractivity contribution in [3.05, 3.63) is 41.8 Å². The van der Waals surface area contributed by atoms with Crippen LogP contribution in [0.5, 0.6) is 5.88 Å². The van der Waals surface area contributed by atoms with Gasteiger partial charge in [-0.15, -0.1) is 0 Å². The lowest BCUT2D eigenvalue weighted by molar-refractivity contribution is 0.0320. The van der Waals surface area contributed by atoms with Crippen LogP contribution in [0.2, 0.25) is 0 Å². The topological polar surface area (TPSA) is 135 Å². The molecule has 0 aromatic carbocycles. The molecule has 5 N–H and O–H groups in total. The normalized spacial score (nSPS) is 16.9. The first-order chi connectivity index (χ1) is 17.0. The summed E-state index contributed by atoms with van der Waals surface area (Å²) in [6, 6.07) is 3.79. The molecular formula is C24H36N8O3. The summed E-state index contributed by atoms with van der Waals surface area (Å²) in [5.74, 6) is 8.98. The number of ether oxygens (including phenoxy) is 2. The van der Waals surface area contributed by atoms with E-state index in [-0.39, 0.29) is 5.92 Å². The molecule has 2 aromatic heterocycles. The monoisotopic (exact) mass is 484 g/mol. The first-order valence-corrected chi connectivity index (χ1v) is 12.1. The van der Waals surface area contributed by atoms with Crippen molar-refractivity contribution in [3.8, 4) is 5.88 Å². The van der Waals surface area contributed by atoms with Crippen molar-refractivity contribution in [1.82, 2.24) is 25.1 Å². The van der Waals surface area contributed by atoms with Crippen molar-refractivity contribution in [2.24, 2.45) is 11.8 Å². The molecule has 0 bridgehead atoms. The zero-order valence-electron chi connectivity index (χ0n) is 20.5. The number of allylic oxidation sites excluding steroid dienone is 2. The number of H-pyrrole nitrogens is 1. The van der Waals surface area contributed by atoms with Gasteiger partial charge in [-0.2, -0.15) is 21.0 Å². The van der Waals surface area contributed by atoms with Crippen LogP contribution >= 0.6 is 0 Å². The maximum absolute atomic E-state index is 5.98. The van der Waals surface area contributed by atoms with Crippen LogP contribution in [0.25, 0.3) is 0 Å². The molecule has 35 heavy (non-hydrogen) atoms. The van der Waals surface area contributed by atoms with Gasteiger partial charge in [0, 0.05) is 43.4 Å². The number of hydrogen-bond acceptors (Lipinski definition) is 10. The van der Waals surface area contributed by atoms with Gasteiger partial charge >= 0.3 is 0 Å². The van der Waals surface area contributed by atoms with Crippen molar-refractivity contribution in [2.75, 3.05) is 56.6 Å². The SMILES string of the molecule is C=C(/C=C(/CNc1nc(Nc2cc(C3CC3)[nH]n2)cc(OCCN2CCOCC2)n1)ON)C(C)C. The second-order valence-corrected chi connectivity index (χ2v) is 9.14. The largest absolute Gasteiger partial charge is 0.476 e. The van der Waals surface area contributed by atoms with E-state index >= 15 is 0 Å². The number of aromatic amines is 1. The minimum atomic E-state index is 0.282. The first-order valence-electron chi connectivity index (χ1n) is 12.1. The van der Waals surface area contributed by atoms with E-state index in [9.17, 15) is 0 Å². The second kappa shape index (κ2) is 12.0. The summed E-state index contributed by atoms with van der Waals surface area (Å²) in [7, 11) is 0. The standard InChI is InChI=1S/C24H36N8O3/c1-16(2)17(3)12-19(35-25)15-26-24-28-21(27-22-13-20(30-31-22)18-4-5-18)14-23(29-24)34-11-8-32-6-9-33-10-7-32/h12-14,16,18H,3-11,15,25H2,1-2H3,(H3,26,27,28,29,30,31)/b19-12-. The number of morpholine rings is 1. The molecule has 2 aromatic rings. The van der Waals surface area contributed by atoms with Gasteiger partial charge in [-0.3, -0.25) is 10.00 Å². The van der Waals surface area contributed by atoms with E-state index in [1.54, 1.807) is 6.07 Å². The van der Waals surface area contributed by atoms with Gasteiger partial charge in [-0.25, -0.2) is 0 Å². The van der Waals surface area contributed by atoms with Gasteiger partial charge in [0.25, 0.3) is 0 Å². The molecule has 0 amide bonds. The molecule has 190 valence electrons. The molecule has 2 fully saturated rings. The number of nitrogens with two attached hydrogens (primary N) is 1. The smallest absolute Gasteiger partial charge is 0.228 e. The number of rotatable bonds is 13. The predicted molar refractivity (Wildman–Crippen MR) is 134 cm³/mol. The average Bonchev–Trinajstić information content (AvgIpc) is 3.61. The quantitative estimate of drug-likeness (QED) is 0.191. The number of nitrogens with one attached hydrogen (secondary N) is 3. The Bertz CT molecular complexity index is 1010. The van der Waals surface area contributed by atoms with E-state index in [1.807, 2.05) is 12.1 Å². The molecule has 1 saturated heterocycles. The van der Waals surface area contributed by atoms with E-state index in [4.69, 9.17) is 20.2 Å². The summed E-state index contributed by atoms with van der Waals surface area (Å²) in [5.41, 5.74) is 2.06. The highest BCUT2D eigenvalue weighted by atomic mass is 16.6. The fourth-order valence-corrected chi connectivity index (χ4v) is 3.55. The number of aromatic nitrogens is 4. The van der Waals surface area contributed by atoms with Gasteiger partial charge in [-0.1, -0.05) is 20.4 Å². The van der Waals surface area contributed by atoms with E-state index in [1.165, 1.54) is 12.8 Å². The number of hydrogen-bond donors (Lipinski definition) is 4. The zero-order chi connectivity index (χ0) is 24.6. The van der Waals surface area contributed by atoms with E-state index < -0.39 is 0 Å². The Balaban J connectivity index is 1.44. The summed E-state index contributed by atoms with van der Waals surface area (Å²) in [4.78, 5) is 16.4. The van der Waals surface area contributed by atoms with Gasteiger partial charge < -0.3 is 24.9 Å². The van der Waals surface area contributed by atoms with Gasteiger partial charge in [-0.05, 0) is 30.4 Å². The molecular weight excluding hydrogens is 448 g/mol. The van der Waals surface area contributed by atoms with Crippen molar-refractivity contribution < 1.29 is 14.3 Å². The molecule has 11 nitrogen and oxygen atoms in total. The number of nitrogens with zero attached hydrogens (tertiary/aromatic N) is 4. The summed E-state index contributed by atoms with van der Waals surface area (Å²) in [6.07, 6.45) is 4.22. The Morgan fingerprint density at radius 3 is 2.80 bits per heavy atom. The van der Waals surface area contributed by atoms with Crippen LogP contribution in [0.3, 0.4) is 0 Å². The Morgan fingerprint density at radius 2 is 2.09 bits per heavy atom. The van der Waals surface area contributed by atoms with Crippen LogP contribution in [0, 0.1) is 5.92 Å². The predicted octanol–water partition coefficient (Wildman–Crippen LogP) is 2.93. The zero-order valence-corrected chi connectivity index (χ0v) is 20.5. The lowest BCUT2D eigenvalue weighted by Gasteiger charge is -2.26. The lowest BCUT2D eigenvalue weighted by atomic mass is 10.0. The number of anilines is 3. The van der Waals surface area contributed by atoms with Crippen LogP contribution in [0.4, 0.5) is 17.6 Å². The van der Waals surface area contributed by atoms with Gasteiger partial charge in [0.05, 0.1) is 19.8 Å². The Hall–Kier alpha value is -3.15. The van der Waals surface area contributed by atoms with Crippen LogP contribution in [0.1, 0.15) is 38.3 Å². The summed E-state index contributed by atoms with van der Waals surface area (Å²) in [6.45, 7) is 13.1. The molecule has 1 saturated carbocycles. The highest BCUT2D eigenvalue weighted by Gasteiger charge is 2.25. The second-order valence-electron chi connectivity index (χ2n) is 9.14. The fourth-order valence-electron chi connectivity index (χ4n) is 3.55. The highest BCUT2D eigenvalue weighted by molar-refractivity contribution is 5.55. The maximum atomic E-state index is 5.98. The maximum Gasteiger partial charge on any atom is 0.228 e. The van der Waals surface area contributed by atoms with E-state index in [0.717, 1.165) is 44.1 Å². The molecule has 1 aliphatic carbocycles.